The van der Waals surface area contributed by atoms with Crippen molar-refractivity contribution >= 4 is 34.8 Å². The fraction of sp³-hybridized carbons (Fsp3) is 0.500. The normalized spacial score (nSPS) is 4.14. The van der Waals surface area contributed by atoms with Gasteiger partial charge in [0.2, 0.25) is 0 Å². The summed E-state index contributed by atoms with van der Waals surface area (Å²) < 4.78 is 0. The van der Waals surface area contributed by atoms with E-state index >= 15 is 0 Å². The van der Waals surface area contributed by atoms with Crippen LogP contribution >= 0.6 is 9.69 Å². The van der Waals surface area contributed by atoms with E-state index in [1.807, 2.05) is 17.3 Å². The second-order valence-electron chi connectivity index (χ2n) is 0.816. The zero-order chi connectivity index (χ0) is 12.8. The molecule has 0 saturated carbocycles. The third-order valence-corrected chi connectivity index (χ3v) is 0. The molecule has 0 bridgehead atoms. The first-order valence-corrected chi connectivity index (χ1v) is 5.19. The molecule has 86 valence electrons. The molecule has 14 heavy (non-hydrogen) atoms. The van der Waals surface area contributed by atoms with Crippen LogP contribution in [0.3, 0.4) is 0 Å². The van der Waals surface area contributed by atoms with Crippen molar-refractivity contribution in [1.29, 1.82) is 0 Å². The molecule has 0 amide bonds. The SMILES string of the molecule is C[C-]=O.C[C-]=O.C[C-]=O.C[C-]=O.[Cl][Ru+]. The molecule has 6 heteroatoms. The summed E-state index contributed by atoms with van der Waals surface area (Å²) >= 11 is 1.82. The fourth-order valence-electron chi connectivity index (χ4n) is 0. The molecule has 0 aromatic rings. The molecule has 0 aromatic heterocycles. The second kappa shape index (κ2) is 131. The van der Waals surface area contributed by atoms with E-state index in [1.165, 1.54) is 52.8 Å². The average Bonchev–Trinajstić information content (AvgIpc) is 2.12. The van der Waals surface area contributed by atoms with Crippen LogP contribution in [0.2, 0.25) is 0 Å². The van der Waals surface area contributed by atoms with Gasteiger partial charge in [0.25, 0.3) is 0 Å². The van der Waals surface area contributed by atoms with Gasteiger partial charge in [0.15, 0.2) is 0 Å². The Bertz CT molecular complexity index is 75.3. The third kappa shape index (κ3) is 7870. The quantitative estimate of drug-likeness (QED) is 0.497. The Kier molecular flexibility index (Phi) is 273. The number of hydrogen-bond donors (Lipinski definition) is 0. The first-order valence-electron chi connectivity index (χ1n) is 2.95. The molecule has 0 rings (SSSR count). The van der Waals surface area contributed by atoms with E-state index in [0.717, 1.165) is 0 Å². The molecule has 0 N–H and O–H groups in total. The number of rotatable bonds is 0. The van der Waals surface area contributed by atoms with Gasteiger partial charge in [0, 0.05) is 0 Å². The molecule has 0 saturated heterocycles. The topological polar surface area (TPSA) is 68.3 Å². The molecule has 0 heterocycles. The van der Waals surface area contributed by atoms with Gasteiger partial charge < -0.3 is 19.2 Å². The van der Waals surface area contributed by atoms with Crippen LogP contribution < -0.4 is 0 Å². The Morgan fingerprint density at radius 3 is 0.643 bits per heavy atom. The van der Waals surface area contributed by atoms with E-state index in [9.17, 15) is 0 Å². The van der Waals surface area contributed by atoms with Gasteiger partial charge in [-0.15, -0.1) is 0 Å². The van der Waals surface area contributed by atoms with Gasteiger partial charge in [-0.1, -0.05) is 0 Å². The van der Waals surface area contributed by atoms with E-state index in [1.54, 1.807) is 0 Å². The van der Waals surface area contributed by atoms with Crippen LogP contribution in [0.25, 0.3) is 0 Å². The van der Waals surface area contributed by atoms with Gasteiger partial charge in [0.05, 0.1) is 0 Å². The Hall–Kier alpha value is -0.407. The van der Waals surface area contributed by atoms with Crippen molar-refractivity contribution in [3.8, 4) is 0 Å². The van der Waals surface area contributed by atoms with E-state index in [0.29, 0.717) is 0 Å². The molecule has 0 radical (unpaired) electrons. The minimum absolute atomic E-state index is 1.32. The van der Waals surface area contributed by atoms with Crippen LogP contribution in [-0.4, -0.2) is 25.1 Å². The fourth-order valence-corrected chi connectivity index (χ4v) is 0. The predicted octanol–water partition coefficient (Wildman–Crippen LogP) is 1.15. The van der Waals surface area contributed by atoms with E-state index in [2.05, 4.69) is 9.69 Å². The summed E-state index contributed by atoms with van der Waals surface area (Å²) in [7, 11) is 4.57. The zero-order valence-electron chi connectivity index (χ0n) is 8.36. The van der Waals surface area contributed by atoms with E-state index in [-0.39, 0.29) is 0 Å². The molecule has 0 aliphatic carbocycles. The number of hydrogen-bond acceptors (Lipinski definition) is 4. The summed E-state index contributed by atoms with van der Waals surface area (Å²) in [6.07, 6.45) is 6.00. The van der Waals surface area contributed by atoms with Crippen molar-refractivity contribution in [1.82, 2.24) is 0 Å². The average molecular weight is 309 g/mol. The number of carbonyl (C=O) groups excluding carboxylic acids is 4. The Morgan fingerprint density at radius 1 is 0.643 bits per heavy atom. The Labute approximate surface area is 99.1 Å². The summed E-state index contributed by atoms with van der Waals surface area (Å²) in [6, 6.07) is 0. The molecular formula is C8H12ClO4Ru-3. The molecule has 0 spiro atoms. The molecule has 0 atom stereocenters. The Balaban J connectivity index is -0.0000000243. The van der Waals surface area contributed by atoms with E-state index < -0.39 is 0 Å². The third-order valence-electron chi connectivity index (χ3n) is 0. The van der Waals surface area contributed by atoms with Crippen molar-refractivity contribution in [2.45, 2.75) is 27.7 Å². The van der Waals surface area contributed by atoms with Crippen LogP contribution in [0.15, 0.2) is 0 Å². The summed E-state index contributed by atoms with van der Waals surface area (Å²) in [6.45, 7) is 5.28. The maximum atomic E-state index is 8.68. The molecule has 0 aromatic carbocycles. The van der Waals surface area contributed by atoms with Gasteiger partial charge in [-0.05, 0) is 0 Å². The van der Waals surface area contributed by atoms with Crippen molar-refractivity contribution in [3.05, 3.63) is 0 Å². The first-order chi connectivity index (χ1) is 6.66. The van der Waals surface area contributed by atoms with Crippen LogP contribution in [0.4, 0.5) is 0 Å². The number of halogens is 1. The van der Waals surface area contributed by atoms with Crippen molar-refractivity contribution < 1.29 is 36.5 Å². The van der Waals surface area contributed by atoms with Crippen LogP contribution in [0.5, 0.6) is 0 Å². The van der Waals surface area contributed by atoms with Crippen molar-refractivity contribution in [2.75, 3.05) is 0 Å². The van der Waals surface area contributed by atoms with Crippen LogP contribution in [0.1, 0.15) is 27.7 Å². The standard InChI is InChI=1S/4C2H3O.ClH.Ru/c4*1-2-3;;/h4*1H3;1H;/q4*-1;;+2/p-1. The zero-order valence-corrected chi connectivity index (χ0v) is 10.9. The molecule has 4 nitrogen and oxygen atoms in total. The summed E-state index contributed by atoms with van der Waals surface area (Å²) in [5, 5.41) is 0. The first kappa shape index (κ1) is 29.2. The monoisotopic (exact) mass is 309 g/mol. The maximum absolute atomic E-state index is 8.68. The minimum atomic E-state index is 1.32. The van der Waals surface area contributed by atoms with Crippen molar-refractivity contribution in [3.63, 3.8) is 0 Å². The van der Waals surface area contributed by atoms with Crippen LogP contribution in [-0.2, 0) is 36.5 Å². The molecule has 0 aliphatic rings. The van der Waals surface area contributed by atoms with Gasteiger partial charge >= 0.3 is 27.0 Å². The van der Waals surface area contributed by atoms with Crippen LogP contribution in [0, 0.1) is 0 Å². The molecule has 0 fully saturated rings. The Morgan fingerprint density at radius 2 is 0.643 bits per heavy atom. The summed E-state index contributed by atoms with van der Waals surface area (Å²) in [5.41, 5.74) is 0. The molecular weight excluding hydrogens is 297 g/mol. The van der Waals surface area contributed by atoms with Crippen molar-refractivity contribution in [2.24, 2.45) is 0 Å². The molecule has 0 aliphatic heterocycles. The van der Waals surface area contributed by atoms with Gasteiger partial charge in [0.1, 0.15) is 0 Å². The summed E-state index contributed by atoms with van der Waals surface area (Å²) in [4.78, 5) is 34.7. The van der Waals surface area contributed by atoms with Gasteiger partial charge in [-0.2, -0.15) is 27.7 Å². The summed E-state index contributed by atoms with van der Waals surface area (Å²) in [5.74, 6) is 0. The van der Waals surface area contributed by atoms with Gasteiger partial charge in [-0.3, -0.25) is 25.1 Å². The van der Waals surface area contributed by atoms with E-state index in [4.69, 9.17) is 19.2 Å². The van der Waals surface area contributed by atoms with Gasteiger partial charge in [-0.25, -0.2) is 0 Å². The predicted molar refractivity (Wildman–Crippen MR) is 51.3 cm³/mol. The second-order valence-corrected chi connectivity index (χ2v) is 0.816. The molecule has 0 unspecified atom stereocenters.